The zero-order valence-corrected chi connectivity index (χ0v) is 57.7. The average Bonchev–Trinajstić information content (AvgIpc) is 2.32. The number of rotatable bonds is 48. The van der Waals surface area contributed by atoms with Gasteiger partial charge >= 0.3 is 373 Å². The van der Waals surface area contributed by atoms with Crippen molar-refractivity contribution in [3.8, 4) is 11.4 Å². The molecular weight excluding hydrogens is 1130 g/mol. The van der Waals surface area contributed by atoms with Gasteiger partial charge in [0.05, 0.1) is 0 Å². The summed E-state index contributed by atoms with van der Waals surface area (Å²) in [4.78, 5) is 0. The molecule has 0 bridgehead atoms. The van der Waals surface area contributed by atoms with Crippen molar-refractivity contribution < 1.29 is 0 Å². The van der Waals surface area contributed by atoms with Gasteiger partial charge in [-0.25, -0.2) is 0 Å². The number of fused-ring (bicyclic) bond motifs is 11. The van der Waals surface area contributed by atoms with E-state index in [1.807, 2.05) is 34.0 Å². The second kappa shape index (κ2) is 37.7. The summed E-state index contributed by atoms with van der Waals surface area (Å²) >= 11 is 11.4. The number of thiophene rings is 4. The predicted molar refractivity (Wildman–Crippen MR) is 371 cm³/mol. The Kier molecular flexibility index (Phi) is 31.1. The molecule has 2 unspecified atom stereocenters. The molecule has 6 aromatic rings. The summed E-state index contributed by atoms with van der Waals surface area (Å²) in [5.74, 6) is 1.24. The van der Waals surface area contributed by atoms with E-state index in [1.54, 1.807) is 11.1 Å². The van der Waals surface area contributed by atoms with Crippen molar-refractivity contribution in [2.45, 2.75) is 337 Å². The van der Waals surface area contributed by atoms with Crippen molar-refractivity contribution in [3.05, 3.63) is 33.0 Å². The topological polar surface area (TPSA) is 46.1 Å². The van der Waals surface area contributed by atoms with Crippen LogP contribution in [0.15, 0.2) is 14.8 Å². The number of hydrogen-bond donors (Lipinski definition) is 1. The van der Waals surface area contributed by atoms with Crippen LogP contribution in [0.4, 0.5) is 0 Å². The van der Waals surface area contributed by atoms with Crippen molar-refractivity contribution in [1.29, 1.82) is 5.41 Å². The Hall–Kier alpha value is -1.74. The molecule has 0 fully saturated rings. The van der Waals surface area contributed by atoms with Crippen LogP contribution in [-0.2, 0) is 25.9 Å². The molecule has 1 radical (unpaired) electrons. The van der Waals surface area contributed by atoms with Crippen LogP contribution in [0.5, 0.6) is 0 Å². The van der Waals surface area contributed by atoms with Gasteiger partial charge in [-0.15, -0.1) is 0 Å². The van der Waals surface area contributed by atoms with Gasteiger partial charge in [0.2, 0.25) is 0 Å². The standard InChI is InChI=1S/C72H115N4S4Se/c1-7-13-19-25-29-31-33-37-43-49-57-53-77-71-65-69(79-67(57)71)59-61(73)62(74-81)60-64(63(59)75(65)51-55(45-39-23-17-11-5)47-41-35-27-21-15-9-3)76(52-56(46-40-24-18-12-6)48-42-36-28-22-16-10-4)66-70(60)80-68-58(54-78-72(66)68)50-44-38-34-32-30-26-20-14-8-2/h53-56,73H,7-52H2,1-6H3/b73-61?,74-62-. The molecule has 4 nitrogen and oxygen atoms in total. The van der Waals surface area contributed by atoms with E-state index in [1.165, 1.54) is 344 Å². The van der Waals surface area contributed by atoms with Crippen LogP contribution in [0.25, 0.3) is 50.6 Å². The van der Waals surface area contributed by atoms with Gasteiger partial charge in [0.1, 0.15) is 0 Å². The molecule has 0 spiro atoms. The van der Waals surface area contributed by atoms with Crippen LogP contribution in [-0.4, -0.2) is 36.8 Å². The third-order valence-electron chi connectivity index (χ3n) is 18.8. The molecule has 0 saturated carbocycles. The van der Waals surface area contributed by atoms with E-state index < -0.39 is 0 Å². The Morgan fingerprint density at radius 2 is 0.679 bits per heavy atom. The second-order valence-corrected chi connectivity index (χ2v) is 29.8. The zero-order valence-electron chi connectivity index (χ0n) is 52.7. The number of nitrogens with one attached hydrogen (secondary N) is 1. The van der Waals surface area contributed by atoms with E-state index >= 15 is 0 Å². The molecule has 1 aliphatic rings. The van der Waals surface area contributed by atoms with E-state index in [0.29, 0.717) is 17.5 Å². The monoisotopic (exact) mass is 1240 g/mol. The van der Waals surface area contributed by atoms with E-state index in [9.17, 15) is 5.41 Å². The number of aryl methyl sites for hydroxylation is 2. The number of unbranched alkanes of at least 4 members (excludes halogenated alkanes) is 32. The summed E-state index contributed by atoms with van der Waals surface area (Å²) in [7, 11) is 0. The normalized spacial score (nSPS) is 14.1. The van der Waals surface area contributed by atoms with Gasteiger partial charge < -0.3 is 0 Å². The molecule has 1 aliphatic carbocycles. The minimum absolute atomic E-state index is 0.618. The molecule has 2 atom stereocenters. The first kappa shape index (κ1) is 66.8. The van der Waals surface area contributed by atoms with Crippen molar-refractivity contribution in [2.75, 3.05) is 0 Å². The molecule has 7 rings (SSSR count). The molecule has 0 amide bonds. The predicted octanol–water partition coefficient (Wildman–Crippen LogP) is 25.9. The Labute approximate surface area is 520 Å². The van der Waals surface area contributed by atoms with Crippen molar-refractivity contribution in [3.63, 3.8) is 0 Å². The summed E-state index contributed by atoms with van der Waals surface area (Å²) in [6, 6.07) is 0. The van der Waals surface area contributed by atoms with Gasteiger partial charge in [-0.2, -0.15) is 0 Å². The molecule has 0 aromatic carbocycles. The van der Waals surface area contributed by atoms with Gasteiger partial charge in [-0.05, 0) is 0 Å². The van der Waals surface area contributed by atoms with Crippen molar-refractivity contribution >= 4 is 112 Å². The van der Waals surface area contributed by atoms with Crippen LogP contribution < -0.4 is 0 Å². The van der Waals surface area contributed by atoms with Gasteiger partial charge in [-0.3, -0.25) is 0 Å². The zero-order chi connectivity index (χ0) is 57.0. The Bertz CT molecular complexity index is 2730. The van der Waals surface area contributed by atoms with Crippen LogP contribution in [0.1, 0.15) is 333 Å². The summed E-state index contributed by atoms with van der Waals surface area (Å²) in [6.45, 7) is 16.2. The van der Waals surface area contributed by atoms with Gasteiger partial charge in [0.25, 0.3) is 0 Å². The fraction of sp³-hybridized carbons (Fsp3) is 0.750. The van der Waals surface area contributed by atoms with Crippen molar-refractivity contribution in [2.24, 2.45) is 15.8 Å². The SMILES string of the molecule is CCCCCCCCCCCc1csc2c1sc1c3c(n(CC(CCCCCC)CCCCCCCC)c12)-c1c(c2sc4c(CCCCCCCCCCC)csc4c2n1CC(CCCCCC)CCCCCCCC)/C(=N/[Se])C3=N. The van der Waals surface area contributed by atoms with Crippen LogP contribution in [0.2, 0.25) is 0 Å². The molecule has 0 saturated heterocycles. The summed E-state index contributed by atoms with van der Waals surface area (Å²) in [5, 5.41) is 15.7. The Morgan fingerprint density at radius 3 is 1.02 bits per heavy atom. The maximum absolute atomic E-state index is 10.6. The van der Waals surface area contributed by atoms with Gasteiger partial charge in [-0.1, -0.05) is 151 Å². The fourth-order valence-corrected chi connectivity index (χ4v) is 19.8. The van der Waals surface area contributed by atoms with Crippen LogP contribution in [0, 0.1) is 17.2 Å². The number of aromatic nitrogens is 2. The molecular formula is C72H115N4S4Se. The summed E-state index contributed by atoms with van der Waals surface area (Å²) < 4.78 is 19.8. The number of nitrogens with zero attached hydrogens (tertiary/aromatic N) is 3. The van der Waals surface area contributed by atoms with Gasteiger partial charge in [0, 0.05) is 0 Å². The molecule has 81 heavy (non-hydrogen) atoms. The fourth-order valence-electron chi connectivity index (χ4n) is 13.9. The van der Waals surface area contributed by atoms with Crippen LogP contribution in [0.3, 0.4) is 0 Å². The first-order valence-corrected chi connectivity index (χ1v) is 39.0. The third-order valence-corrected chi connectivity index (χ3v) is 24.1. The summed E-state index contributed by atoms with van der Waals surface area (Å²) in [6.07, 6.45) is 59.1. The van der Waals surface area contributed by atoms with E-state index in [2.05, 4.69) is 89.0 Å². The van der Waals surface area contributed by atoms with E-state index in [-0.39, 0.29) is 0 Å². The molecule has 453 valence electrons. The molecule has 9 heteroatoms. The van der Waals surface area contributed by atoms with Gasteiger partial charge in [0.15, 0.2) is 0 Å². The molecule has 0 aliphatic heterocycles. The summed E-state index contributed by atoms with van der Waals surface area (Å²) in [5.41, 5.74) is 12.8. The minimum atomic E-state index is 0.618. The first-order valence-electron chi connectivity index (χ1n) is 34.9. The second-order valence-electron chi connectivity index (χ2n) is 25.6. The van der Waals surface area contributed by atoms with E-state index in [0.717, 1.165) is 18.8 Å². The number of hydrogen-bond acceptors (Lipinski definition) is 6. The quantitative estimate of drug-likeness (QED) is 0.0292. The Morgan fingerprint density at radius 1 is 0.383 bits per heavy atom. The molecule has 1 N–H and O–H groups in total. The molecule has 6 heterocycles. The van der Waals surface area contributed by atoms with Crippen molar-refractivity contribution in [1.82, 2.24) is 9.13 Å². The van der Waals surface area contributed by atoms with Crippen LogP contribution >= 0.6 is 45.3 Å². The average molecular weight is 1240 g/mol. The maximum atomic E-state index is 10.6. The van der Waals surface area contributed by atoms with E-state index in [4.69, 9.17) is 4.01 Å². The third kappa shape index (κ3) is 18.6. The Balaban J connectivity index is 1.35. The molecule has 6 aromatic heterocycles. The first-order chi connectivity index (χ1) is 40.0.